The number of carbonyl (C=O) groups excluding carboxylic acids is 1. The number of amides is 1. The maximum atomic E-state index is 13.8. The Hall–Kier alpha value is -4.22. The van der Waals surface area contributed by atoms with Crippen molar-refractivity contribution >= 4 is 23.2 Å². The first-order chi connectivity index (χ1) is 20.3. The van der Waals surface area contributed by atoms with Crippen LogP contribution in [0.15, 0.2) is 41.5 Å². The highest BCUT2D eigenvalue weighted by molar-refractivity contribution is 6.06. The predicted octanol–water partition coefficient (Wildman–Crippen LogP) is 3.01. The van der Waals surface area contributed by atoms with Gasteiger partial charge in [0.15, 0.2) is 5.82 Å². The van der Waals surface area contributed by atoms with Crippen LogP contribution in [0.5, 0.6) is 0 Å². The monoisotopic (exact) mass is 566 g/mol. The SMILES string of the molecule is C[C@H]1c2cc3n(c2[C@@H]2CC12)CCN(c1nccc(-c2cc(Nc4cc5n(n4)CCN(C)C5)c(=O)n(C)c2)c1CO)C3=O. The second-order valence-corrected chi connectivity index (χ2v) is 12.3. The van der Waals surface area contributed by atoms with Gasteiger partial charge in [-0.2, -0.15) is 5.10 Å². The van der Waals surface area contributed by atoms with Crippen molar-refractivity contribution in [3.8, 4) is 11.1 Å². The molecule has 1 amide bonds. The van der Waals surface area contributed by atoms with Gasteiger partial charge in [-0.05, 0) is 54.6 Å². The molecular weight excluding hydrogens is 532 g/mol. The molecule has 0 bridgehead atoms. The third-order valence-corrected chi connectivity index (χ3v) is 9.70. The molecule has 0 spiro atoms. The number of anilines is 3. The minimum Gasteiger partial charge on any atom is -0.392 e. The van der Waals surface area contributed by atoms with Crippen molar-refractivity contribution in [1.29, 1.82) is 0 Å². The zero-order valence-corrected chi connectivity index (χ0v) is 24.0. The van der Waals surface area contributed by atoms with E-state index in [0.29, 0.717) is 53.5 Å². The summed E-state index contributed by atoms with van der Waals surface area (Å²) in [5.74, 6) is 2.82. The van der Waals surface area contributed by atoms with E-state index in [1.807, 2.05) is 16.8 Å². The number of rotatable bonds is 5. The van der Waals surface area contributed by atoms with Crippen LogP contribution in [0.4, 0.5) is 17.3 Å². The number of pyridine rings is 2. The summed E-state index contributed by atoms with van der Waals surface area (Å²) in [6, 6.07) is 7.67. The second kappa shape index (κ2) is 9.14. The van der Waals surface area contributed by atoms with E-state index >= 15 is 0 Å². The summed E-state index contributed by atoms with van der Waals surface area (Å²) < 4.78 is 5.72. The number of nitrogens with zero attached hydrogens (tertiary/aromatic N) is 7. The lowest BCUT2D eigenvalue weighted by atomic mass is 10.0. The number of aryl methyl sites for hydroxylation is 1. The van der Waals surface area contributed by atoms with E-state index in [1.165, 1.54) is 22.2 Å². The topological polar surface area (TPSA) is 113 Å². The van der Waals surface area contributed by atoms with Gasteiger partial charge in [0.2, 0.25) is 0 Å². The molecule has 0 saturated heterocycles. The summed E-state index contributed by atoms with van der Waals surface area (Å²) in [7, 11) is 3.78. The quantitative estimate of drug-likeness (QED) is 0.382. The highest BCUT2D eigenvalue weighted by atomic mass is 16.3. The molecule has 11 nitrogen and oxygen atoms in total. The molecule has 1 unspecified atom stereocenters. The fraction of sp³-hybridized carbons (Fsp3) is 0.419. The number of hydrogen-bond acceptors (Lipinski definition) is 7. The van der Waals surface area contributed by atoms with Gasteiger partial charge < -0.3 is 19.6 Å². The van der Waals surface area contributed by atoms with E-state index in [-0.39, 0.29) is 18.1 Å². The van der Waals surface area contributed by atoms with Crippen molar-refractivity contribution in [2.75, 3.05) is 30.4 Å². The molecule has 6 heterocycles. The van der Waals surface area contributed by atoms with Crippen LogP contribution in [0.1, 0.15) is 58.2 Å². The predicted molar refractivity (Wildman–Crippen MR) is 158 cm³/mol. The number of aliphatic hydroxyl groups excluding tert-OH is 1. The fourth-order valence-electron chi connectivity index (χ4n) is 7.42. The minimum absolute atomic E-state index is 0.0865. The molecule has 8 rings (SSSR count). The van der Waals surface area contributed by atoms with Crippen LogP contribution in [-0.2, 0) is 33.3 Å². The van der Waals surface area contributed by atoms with E-state index in [4.69, 9.17) is 0 Å². The smallest absolute Gasteiger partial charge is 0.276 e. The van der Waals surface area contributed by atoms with Gasteiger partial charge in [-0.3, -0.25) is 24.1 Å². The normalized spacial score (nSPS) is 22.5. The highest BCUT2D eigenvalue weighted by Gasteiger charge is 2.53. The van der Waals surface area contributed by atoms with Crippen LogP contribution >= 0.6 is 0 Å². The Morgan fingerprint density at radius 1 is 1.10 bits per heavy atom. The number of hydrogen-bond donors (Lipinski definition) is 2. The number of aliphatic hydroxyl groups is 1. The molecule has 2 N–H and O–H groups in total. The van der Waals surface area contributed by atoms with Crippen molar-refractivity contribution in [3.05, 3.63) is 75.2 Å². The summed E-state index contributed by atoms with van der Waals surface area (Å²) >= 11 is 0. The van der Waals surface area contributed by atoms with Gasteiger partial charge in [0.1, 0.15) is 17.2 Å². The van der Waals surface area contributed by atoms with Crippen molar-refractivity contribution in [1.82, 2.24) is 28.8 Å². The van der Waals surface area contributed by atoms with Gasteiger partial charge >= 0.3 is 0 Å². The molecule has 2 aliphatic heterocycles. The molecule has 216 valence electrons. The molecule has 4 aliphatic rings. The lowest BCUT2D eigenvalue weighted by Crippen LogP contribution is -2.41. The lowest BCUT2D eigenvalue weighted by molar-refractivity contribution is 0.0963. The highest BCUT2D eigenvalue weighted by Crippen LogP contribution is 2.63. The maximum absolute atomic E-state index is 13.8. The summed E-state index contributed by atoms with van der Waals surface area (Å²) in [6.07, 6.45) is 4.64. The maximum Gasteiger partial charge on any atom is 0.276 e. The number of aromatic nitrogens is 5. The average Bonchev–Trinajstić information content (AvgIpc) is 3.38. The van der Waals surface area contributed by atoms with Crippen LogP contribution in [0, 0.1) is 5.92 Å². The van der Waals surface area contributed by atoms with Gasteiger partial charge in [0.05, 0.1) is 18.8 Å². The first-order valence-corrected chi connectivity index (χ1v) is 14.7. The van der Waals surface area contributed by atoms with E-state index in [9.17, 15) is 14.7 Å². The van der Waals surface area contributed by atoms with Crippen molar-refractivity contribution in [2.24, 2.45) is 13.0 Å². The zero-order valence-electron chi connectivity index (χ0n) is 24.0. The molecule has 42 heavy (non-hydrogen) atoms. The standard InChI is InChI=1S/C31H34N8O3/c1-17-21-12-23(21)28-22(17)13-26-31(42)38(8-7-37(26)28)29-24(16-40)20(4-5-32-29)18-10-25(30(41)36(3)14-18)33-27-11-19-15-35(2)6-9-39(19)34-27/h4-5,10-11,13-14,17,21,23,40H,6-9,12,15-16H2,1-3H3,(H,33,34)/t17-,21?,23-/m1/s1. The molecule has 2 aliphatic carbocycles. The summed E-state index contributed by atoms with van der Waals surface area (Å²) in [5, 5.41) is 18.5. The Morgan fingerprint density at radius 3 is 2.79 bits per heavy atom. The zero-order chi connectivity index (χ0) is 28.9. The molecule has 4 aromatic heterocycles. The summed E-state index contributed by atoms with van der Waals surface area (Å²) in [4.78, 5) is 35.5. The van der Waals surface area contributed by atoms with E-state index in [2.05, 4.69) is 44.9 Å². The first-order valence-electron chi connectivity index (χ1n) is 14.7. The van der Waals surface area contributed by atoms with E-state index < -0.39 is 0 Å². The molecule has 1 saturated carbocycles. The van der Waals surface area contributed by atoms with Crippen LogP contribution in [0.2, 0.25) is 0 Å². The van der Waals surface area contributed by atoms with Gasteiger partial charge in [-0.25, -0.2) is 4.98 Å². The van der Waals surface area contributed by atoms with E-state index in [0.717, 1.165) is 42.4 Å². The number of nitrogens with one attached hydrogen (secondary N) is 1. The molecule has 1 fully saturated rings. The number of carbonyl (C=O) groups is 1. The van der Waals surface area contributed by atoms with E-state index in [1.54, 1.807) is 30.4 Å². The molecular formula is C31H34N8O3. The number of fused-ring (bicyclic) bond motifs is 6. The Labute approximate surface area is 243 Å². The fourth-order valence-corrected chi connectivity index (χ4v) is 7.42. The first kappa shape index (κ1) is 25.5. The average molecular weight is 567 g/mol. The molecule has 0 radical (unpaired) electrons. The van der Waals surface area contributed by atoms with Crippen LogP contribution in [0.25, 0.3) is 11.1 Å². The van der Waals surface area contributed by atoms with Crippen LogP contribution < -0.4 is 15.8 Å². The van der Waals surface area contributed by atoms with Gasteiger partial charge in [0, 0.05) is 74.4 Å². The summed E-state index contributed by atoms with van der Waals surface area (Å²) in [5.41, 5.74) is 6.69. The third kappa shape index (κ3) is 3.73. The van der Waals surface area contributed by atoms with Crippen LogP contribution in [0.3, 0.4) is 0 Å². The summed E-state index contributed by atoms with van der Waals surface area (Å²) in [6.45, 7) is 5.70. The Kier molecular flexibility index (Phi) is 5.55. The lowest BCUT2D eigenvalue weighted by Gasteiger charge is -2.30. The van der Waals surface area contributed by atoms with Gasteiger partial charge in [-0.15, -0.1) is 0 Å². The molecule has 11 heteroatoms. The van der Waals surface area contributed by atoms with Crippen molar-refractivity contribution < 1.29 is 9.90 Å². The Bertz CT molecular complexity index is 1830. The molecule has 3 atom stereocenters. The second-order valence-electron chi connectivity index (χ2n) is 12.3. The van der Waals surface area contributed by atoms with Crippen molar-refractivity contribution in [2.45, 2.75) is 51.4 Å². The molecule has 0 aromatic carbocycles. The minimum atomic E-state index is -0.298. The van der Waals surface area contributed by atoms with Gasteiger partial charge in [-0.1, -0.05) is 6.92 Å². The largest absolute Gasteiger partial charge is 0.392 e. The number of likely N-dealkylation sites (N-methyl/N-ethyl adjacent to an activating group) is 1. The third-order valence-electron chi connectivity index (χ3n) is 9.70. The Balaban J connectivity index is 1.14. The van der Waals surface area contributed by atoms with Gasteiger partial charge in [0.25, 0.3) is 11.5 Å². The van der Waals surface area contributed by atoms with Crippen molar-refractivity contribution in [3.63, 3.8) is 0 Å². The van der Waals surface area contributed by atoms with Crippen LogP contribution in [-0.4, -0.2) is 59.9 Å². The Morgan fingerprint density at radius 2 is 1.95 bits per heavy atom. The molecule has 4 aromatic rings.